The van der Waals surface area contributed by atoms with Crippen molar-refractivity contribution in [3.63, 3.8) is 0 Å². The molecule has 1 unspecified atom stereocenters. The Morgan fingerprint density at radius 1 is 1.46 bits per heavy atom. The molecule has 1 atom stereocenters. The number of sulfone groups is 1. The third-order valence-electron chi connectivity index (χ3n) is 3.66. The van der Waals surface area contributed by atoms with Gasteiger partial charge in [-0.3, -0.25) is 10.1 Å². The van der Waals surface area contributed by atoms with E-state index in [0.717, 1.165) is 43.5 Å². The van der Waals surface area contributed by atoms with Crippen LogP contribution in [0.25, 0.3) is 0 Å². The van der Waals surface area contributed by atoms with Crippen molar-refractivity contribution in [2.45, 2.75) is 33.1 Å². The van der Waals surface area contributed by atoms with E-state index >= 15 is 0 Å². The maximum absolute atomic E-state index is 11.6. The molecule has 0 aliphatic carbocycles. The van der Waals surface area contributed by atoms with E-state index in [1.54, 1.807) is 0 Å². The second-order valence-electron chi connectivity index (χ2n) is 5.65. The zero-order chi connectivity index (χ0) is 18.7. The highest BCUT2D eigenvalue weighted by Crippen LogP contribution is 2.38. The van der Waals surface area contributed by atoms with Crippen LogP contribution in [0.4, 0.5) is 10.8 Å². The molecule has 1 saturated heterocycles. The predicted octanol–water partition coefficient (Wildman–Crippen LogP) is 2.59. The number of nitro groups is 1. The summed E-state index contributed by atoms with van der Waals surface area (Å²) in [6.45, 7) is 1.42. The number of aromatic nitrogens is 2. The number of ether oxygens (including phenoxy) is 1. The Bertz CT molecular complexity index is 909. The summed E-state index contributed by atoms with van der Waals surface area (Å²) in [5, 5.41) is 23.1. The third-order valence-corrected chi connectivity index (χ3v) is 6.77. The number of rotatable bonds is 7. The average Bonchev–Trinajstić information content (AvgIpc) is 3.23. The van der Waals surface area contributed by atoms with Crippen LogP contribution in [0.5, 0.6) is 0 Å². The van der Waals surface area contributed by atoms with E-state index in [9.17, 15) is 18.5 Å². The lowest BCUT2D eigenvalue weighted by atomic mass is 10.2. The van der Waals surface area contributed by atoms with E-state index in [2.05, 4.69) is 15.5 Å². The van der Waals surface area contributed by atoms with Crippen LogP contribution in [-0.4, -0.2) is 49.0 Å². The number of anilines is 1. The first-order valence-corrected chi connectivity index (χ1v) is 11.2. The normalized spacial score (nSPS) is 17.3. The van der Waals surface area contributed by atoms with Gasteiger partial charge in [0.1, 0.15) is 0 Å². The fourth-order valence-corrected chi connectivity index (χ4v) is 4.82. The highest BCUT2D eigenvalue weighted by Gasteiger charge is 2.21. The molecule has 0 amide bonds. The Labute approximate surface area is 158 Å². The van der Waals surface area contributed by atoms with Crippen molar-refractivity contribution in [1.29, 1.82) is 0 Å². The Hall–Kier alpha value is -1.76. The molecule has 1 aromatic heterocycles. The molecule has 1 aliphatic heterocycles. The number of hydrogen-bond donors (Lipinski definition) is 1. The molecule has 12 heteroatoms. The predicted molar refractivity (Wildman–Crippen MR) is 97.7 cm³/mol. The molecule has 140 valence electrons. The summed E-state index contributed by atoms with van der Waals surface area (Å²) in [5.41, 5.74) is -0.276. The lowest BCUT2D eigenvalue weighted by Crippen LogP contribution is -2.18. The van der Waals surface area contributed by atoms with Crippen LogP contribution in [-0.2, 0) is 14.6 Å². The van der Waals surface area contributed by atoms with Gasteiger partial charge in [-0.1, -0.05) is 11.3 Å². The topological polar surface area (TPSA) is 124 Å². The third kappa shape index (κ3) is 4.69. The molecular formula is C14H16N4O5S3. The van der Waals surface area contributed by atoms with Crippen molar-refractivity contribution in [2.24, 2.45) is 0 Å². The summed E-state index contributed by atoms with van der Waals surface area (Å²) < 4.78 is 29.2. The van der Waals surface area contributed by atoms with Gasteiger partial charge in [-0.05, 0) is 36.7 Å². The molecule has 9 nitrogen and oxygen atoms in total. The second-order valence-corrected chi connectivity index (χ2v) is 9.93. The summed E-state index contributed by atoms with van der Waals surface area (Å²) >= 11 is 2.35. The maximum Gasteiger partial charge on any atom is 0.284 e. The zero-order valence-electron chi connectivity index (χ0n) is 13.7. The second kappa shape index (κ2) is 7.86. The fourth-order valence-electron chi connectivity index (χ4n) is 2.38. The van der Waals surface area contributed by atoms with E-state index in [1.807, 2.05) is 0 Å². The molecule has 0 radical (unpaired) electrons. The van der Waals surface area contributed by atoms with Gasteiger partial charge in [-0.2, -0.15) is 0 Å². The number of nitrogens with zero attached hydrogens (tertiary/aromatic N) is 3. The van der Waals surface area contributed by atoms with Crippen LogP contribution < -0.4 is 5.32 Å². The monoisotopic (exact) mass is 416 g/mol. The summed E-state index contributed by atoms with van der Waals surface area (Å²) in [7, 11) is -3.52. The van der Waals surface area contributed by atoms with Gasteiger partial charge in [0.2, 0.25) is 5.13 Å². The zero-order valence-corrected chi connectivity index (χ0v) is 16.2. The van der Waals surface area contributed by atoms with Crippen molar-refractivity contribution in [1.82, 2.24) is 10.2 Å². The molecule has 26 heavy (non-hydrogen) atoms. The quantitative estimate of drug-likeness (QED) is 0.535. The lowest BCUT2D eigenvalue weighted by molar-refractivity contribution is -0.388. The Balaban J connectivity index is 1.73. The minimum Gasteiger partial charge on any atom is -0.376 e. The molecule has 3 rings (SSSR count). The van der Waals surface area contributed by atoms with Gasteiger partial charge in [0.05, 0.1) is 20.8 Å². The Morgan fingerprint density at radius 3 is 2.92 bits per heavy atom. The van der Waals surface area contributed by atoms with Crippen LogP contribution >= 0.6 is 23.1 Å². The molecule has 0 saturated carbocycles. The van der Waals surface area contributed by atoms with Crippen molar-refractivity contribution in [3.8, 4) is 0 Å². The number of hydrogen-bond acceptors (Lipinski definition) is 10. The van der Waals surface area contributed by atoms with E-state index < -0.39 is 14.8 Å². The smallest absolute Gasteiger partial charge is 0.284 e. The summed E-state index contributed by atoms with van der Waals surface area (Å²) in [5.74, 6) is 0. The minimum absolute atomic E-state index is 0.0928. The van der Waals surface area contributed by atoms with Gasteiger partial charge in [0.15, 0.2) is 14.2 Å². The van der Waals surface area contributed by atoms with Crippen molar-refractivity contribution in [2.75, 3.05) is 24.7 Å². The highest BCUT2D eigenvalue weighted by molar-refractivity contribution is 8.01. The Kier molecular flexibility index (Phi) is 5.75. The first-order chi connectivity index (χ1) is 12.3. The lowest BCUT2D eigenvalue weighted by Gasteiger charge is -2.08. The molecular weight excluding hydrogens is 400 g/mol. The Morgan fingerprint density at radius 2 is 2.27 bits per heavy atom. The number of nitrogens with one attached hydrogen (secondary N) is 1. The number of benzene rings is 1. The van der Waals surface area contributed by atoms with Crippen LogP contribution in [0.3, 0.4) is 0 Å². The molecule has 2 heterocycles. The average molecular weight is 417 g/mol. The first kappa shape index (κ1) is 19.0. The van der Waals surface area contributed by atoms with Crippen LogP contribution in [0.15, 0.2) is 32.3 Å². The van der Waals surface area contributed by atoms with Gasteiger partial charge in [0, 0.05) is 25.5 Å². The van der Waals surface area contributed by atoms with Crippen LogP contribution in [0.2, 0.25) is 0 Å². The molecule has 0 spiro atoms. The van der Waals surface area contributed by atoms with Gasteiger partial charge in [-0.15, -0.1) is 10.2 Å². The molecule has 1 fully saturated rings. The highest BCUT2D eigenvalue weighted by atomic mass is 32.2. The SMILES string of the molecule is CS(=O)(=O)c1ccc(Sc2nnc(NCC3CCCO3)s2)c([N+](=O)[O-])c1. The van der Waals surface area contributed by atoms with Gasteiger partial charge >= 0.3 is 0 Å². The van der Waals surface area contributed by atoms with E-state index in [-0.39, 0.29) is 16.7 Å². The number of nitro benzene ring substituents is 1. The van der Waals surface area contributed by atoms with Crippen LogP contribution in [0, 0.1) is 10.1 Å². The standard InChI is InChI=1S/C14H16N4O5S3/c1-26(21,22)10-4-5-12(11(7-10)18(19)20)24-14-17-16-13(25-14)15-8-9-3-2-6-23-9/h4-5,7,9H,2-3,6,8H2,1H3,(H,15,16). The van der Waals surface area contributed by atoms with Gasteiger partial charge < -0.3 is 10.1 Å². The molecule has 1 aliphatic rings. The largest absolute Gasteiger partial charge is 0.376 e. The summed E-state index contributed by atoms with van der Waals surface area (Å²) in [4.78, 5) is 10.9. The van der Waals surface area contributed by atoms with Crippen molar-refractivity contribution >= 4 is 43.8 Å². The summed E-state index contributed by atoms with van der Waals surface area (Å²) in [6, 6.07) is 3.83. The van der Waals surface area contributed by atoms with E-state index in [4.69, 9.17) is 4.74 Å². The fraction of sp³-hybridized carbons (Fsp3) is 0.429. The first-order valence-electron chi connectivity index (χ1n) is 7.68. The van der Waals surface area contributed by atoms with Gasteiger partial charge in [0.25, 0.3) is 5.69 Å². The van der Waals surface area contributed by atoms with Gasteiger partial charge in [-0.25, -0.2) is 8.42 Å². The van der Waals surface area contributed by atoms with E-state index in [1.165, 1.54) is 23.5 Å². The van der Waals surface area contributed by atoms with Crippen LogP contribution in [0.1, 0.15) is 12.8 Å². The van der Waals surface area contributed by atoms with E-state index in [0.29, 0.717) is 20.9 Å². The molecule has 2 aromatic rings. The maximum atomic E-state index is 11.6. The summed E-state index contributed by atoms with van der Waals surface area (Å²) in [6.07, 6.45) is 3.23. The molecule has 1 N–H and O–H groups in total. The molecule has 1 aromatic carbocycles. The minimum atomic E-state index is -3.52. The van der Waals surface area contributed by atoms with Crippen molar-refractivity contribution in [3.05, 3.63) is 28.3 Å². The van der Waals surface area contributed by atoms with Crippen molar-refractivity contribution < 1.29 is 18.1 Å². The molecule has 0 bridgehead atoms.